The second-order valence-electron chi connectivity index (χ2n) is 33.5. The van der Waals surface area contributed by atoms with E-state index >= 15 is 28.8 Å². The van der Waals surface area contributed by atoms with Crippen molar-refractivity contribution in [2.45, 2.75) is 202 Å². The number of phenols is 3. The third-order valence-corrected chi connectivity index (χ3v) is 25.6. The minimum atomic E-state index is -2.31. The standard InChI is InChI=1S/C81H97ClN10O22/c1-31(2)11-49(83-4)73(103)90-65-67(98)38-6-9-53(32(3)12-38)111-55-25-44-26-56(72(55)114-80-71(102)70(101)69(100)57(30-93)113-80)112-54-10-7-39(24-48(54)82)68(99)66-79(109)89-64(77(107)86-60-40-15-33-13-34(17-40)18-41(60)16-33)47-27-45(94)28-52(96)59(47)46-23-37(5-8-51(46)95)62(75(105)91-66)88-76(106)63(44)87-74(104)50(84-78(65)108)29-58(97)85-81(110)92-61-42-19-35-14-36(21-42)22-43(61)20-35/h5-6,8-10,12,23-28,31,33-36,39-43,49-50,57,60-71,80,83,93-96,98-102H,7,11,13-22,29-30H2,1-4H3,(H,84,108)(H,86,107)(H,87,104)(H,88,106)(H,89,109)(H,90,103)(H,91,105)(H2,85,92,97,110)/t33?,34?,35?,36?,39-,40?,41?,42?,43?,49+,50-,57+,60?,61?,62+,63+,64-,65+,66-,67+,68+,69+,70-,71+,80-/m0/s1. The highest BCUT2D eigenvalue weighted by Crippen LogP contribution is 2.56. The van der Waals surface area contributed by atoms with Crippen LogP contribution in [0.5, 0.6) is 40.2 Å². The Morgan fingerprint density at radius 1 is 0.623 bits per heavy atom. The van der Waals surface area contributed by atoms with Gasteiger partial charge in [0.05, 0.1) is 30.2 Å². The molecule has 114 heavy (non-hydrogen) atoms. The normalized spacial score (nSPS) is 34.3. The van der Waals surface area contributed by atoms with Gasteiger partial charge in [-0.25, -0.2) is 4.79 Å². The summed E-state index contributed by atoms with van der Waals surface area (Å²) in [6.45, 7) is 4.31. The minimum Gasteiger partial charge on any atom is -0.508 e. The fraction of sp³-hybridized carbons (Fsp3) is 0.543. The number of carbonyl (C=O) groups is 9. The third kappa shape index (κ3) is 15.9. The number of urea groups is 1. The Morgan fingerprint density at radius 3 is 1.86 bits per heavy atom. The molecule has 610 valence electrons. The van der Waals surface area contributed by atoms with E-state index in [1.54, 1.807) is 0 Å². The molecule has 19 bridgehead atoms. The van der Waals surface area contributed by atoms with E-state index in [4.69, 9.17) is 30.5 Å². The number of hydrogen-bond donors (Lipinski definition) is 19. The first-order valence-electron chi connectivity index (χ1n) is 39.3. The summed E-state index contributed by atoms with van der Waals surface area (Å²) in [6.07, 6.45) is -2.99. The molecule has 32 nitrogen and oxygen atoms in total. The van der Waals surface area contributed by atoms with Crippen molar-refractivity contribution >= 4 is 64.9 Å². The van der Waals surface area contributed by atoms with Crippen LogP contribution >= 0.6 is 11.6 Å². The molecule has 9 fully saturated rings. The largest absolute Gasteiger partial charge is 0.508 e. The number of imide groups is 1. The number of aryl methyl sites for hydroxylation is 1. The maximum absolute atomic E-state index is 16.5. The van der Waals surface area contributed by atoms with Gasteiger partial charge in [-0.1, -0.05) is 43.7 Å². The van der Waals surface area contributed by atoms with Crippen LogP contribution in [0.15, 0.2) is 83.6 Å². The number of aliphatic hydroxyl groups excluding tert-OH is 6. The van der Waals surface area contributed by atoms with Gasteiger partial charge in [-0.2, -0.15) is 0 Å². The number of benzene rings is 4. The molecule has 6 heterocycles. The molecule has 33 heteroatoms. The van der Waals surface area contributed by atoms with Crippen molar-refractivity contribution in [2.75, 3.05) is 13.7 Å². The third-order valence-electron chi connectivity index (χ3n) is 25.3. The Hall–Kier alpha value is -9.64. The van der Waals surface area contributed by atoms with Crippen molar-refractivity contribution < 1.29 is 108 Å². The summed E-state index contributed by atoms with van der Waals surface area (Å²) in [5.74, 6) is -12.0. The van der Waals surface area contributed by atoms with E-state index in [0.29, 0.717) is 23.7 Å². The average Bonchev–Trinajstić information content (AvgIpc) is 0.762. The first-order chi connectivity index (χ1) is 54.4. The van der Waals surface area contributed by atoms with Crippen LogP contribution in [0.3, 0.4) is 0 Å². The van der Waals surface area contributed by atoms with Gasteiger partial charge in [-0.3, -0.25) is 43.7 Å². The van der Waals surface area contributed by atoms with Crippen LogP contribution in [0.4, 0.5) is 4.79 Å². The summed E-state index contributed by atoms with van der Waals surface area (Å²) in [5.41, 5.74) is -1.40. The fourth-order valence-corrected chi connectivity index (χ4v) is 20.4. The molecule has 9 aliphatic carbocycles. The van der Waals surface area contributed by atoms with Gasteiger partial charge < -0.3 is 113 Å². The van der Waals surface area contributed by atoms with Crippen molar-refractivity contribution in [3.05, 3.63) is 111 Å². The Labute approximate surface area is 660 Å². The summed E-state index contributed by atoms with van der Waals surface area (Å²) < 4.78 is 25.8. The van der Waals surface area contributed by atoms with Gasteiger partial charge in [-0.05, 0) is 221 Å². The van der Waals surface area contributed by atoms with Crippen LogP contribution < -0.4 is 67.4 Å². The maximum Gasteiger partial charge on any atom is 0.321 e. The number of rotatable bonds is 13. The summed E-state index contributed by atoms with van der Waals surface area (Å²) in [7, 11) is 1.51. The molecular weight excluding hydrogens is 1500 g/mol. The number of hydrogen-bond acceptors (Lipinski definition) is 23. The highest BCUT2D eigenvalue weighted by Gasteiger charge is 2.53. The predicted molar refractivity (Wildman–Crippen MR) is 403 cm³/mol. The van der Waals surface area contributed by atoms with Gasteiger partial charge >= 0.3 is 6.03 Å². The molecule has 4 aromatic carbocycles. The lowest BCUT2D eigenvalue weighted by Crippen LogP contribution is -2.60. The number of allylic oxidation sites excluding steroid dienone is 2. The number of aliphatic hydroxyl groups is 6. The number of carbonyl (C=O) groups excluding carboxylic acids is 9. The number of amides is 10. The van der Waals surface area contributed by atoms with Crippen LogP contribution in [-0.2, 0) is 43.1 Å². The predicted octanol–water partition coefficient (Wildman–Crippen LogP) is 2.83. The molecule has 6 aliphatic heterocycles. The Morgan fingerprint density at radius 2 is 1.24 bits per heavy atom. The molecule has 0 aromatic heterocycles. The van der Waals surface area contributed by atoms with Gasteiger partial charge in [0.2, 0.25) is 59.3 Å². The van der Waals surface area contributed by atoms with E-state index < -0.39 is 198 Å². The summed E-state index contributed by atoms with van der Waals surface area (Å²) in [6, 6.07) is -3.37. The van der Waals surface area contributed by atoms with E-state index in [2.05, 4.69) is 53.2 Å². The molecular formula is C81H97ClN10O22. The number of phenolic OH excluding ortho intramolecular Hbond substituents is 3. The van der Waals surface area contributed by atoms with E-state index in [1.165, 1.54) is 56.5 Å². The zero-order chi connectivity index (χ0) is 80.7. The van der Waals surface area contributed by atoms with Crippen molar-refractivity contribution in [1.82, 2.24) is 53.2 Å². The number of nitrogens with one attached hydrogen (secondary N) is 10. The molecule has 15 aliphatic rings. The zero-order valence-electron chi connectivity index (χ0n) is 63.0. The van der Waals surface area contributed by atoms with E-state index in [-0.39, 0.29) is 104 Å². The number of halogens is 1. The molecule has 10 amide bonds. The van der Waals surface area contributed by atoms with Crippen LogP contribution in [-0.4, -0.2) is 186 Å². The van der Waals surface area contributed by atoms with Gasteiger partial charge in [0.25, 0.3) is 0 Å². The summed E-state index contributed by atoms with van der Waals surface area (Å²) in [4.78, 5) is 138. The second-order valence-corrected chi connectivity index (χ2v) is 33.9. The summed E-state index contributed by atoms with van der Waals surface area (Å²) in [5, 5.41) is 132. The Kier molecular flexibility index (Phi) is 22.5. The van der Waals surface area contributed by atoms with Gasteiger partial charge in [0.15, 0.2) is 11.5 Å². The Balaban J connectivity index is 0.888. The van der Waals surface area contributed by atoms with E-state index in [0.717, 1.165) is 94.5 Å². The topological polar surface area (TPSA) is 493 Å². The molecule has 0 radical (unpaired) electrons. The van der Waals surface area contributed by atoms with Crippen molar-refractivity contribution in [3.8, 4) is 51.4 Å². The number of ether oxygens (including phenoxy) is 4. The zero-order valence-corrected chi connectivity index (χ0v) is 63.8. The number of aromatic hydroxyl groups is 3. The summed E-state index contributed by atoms with van der Waals surface area (Å²) >= 11 is 7.23. The first kappa shape index (κ1) is 79.6. The van der Waals surface area contributed by atoms with Gasteiger partial charge in [0.1, 0.15) is 95.5 Å². The molecule has 19 rings (SSSR count). The molecule has 8 saturated carbocycles. The lowest BCUT2D eigenvalue weighted by molar-refractivity contribution is -0.277. The van der Waals surface area contributed by atoms with Crippen LogP contribution in [0.25, 0.3) is 11.1 Å². The lowest BCUT2D eigenvalue weighted by atomic mass is 9.54. The van der Waals surface area contributed by atoms with Crippen molar-refractivity contribution in [3.63, 3.8) is 0 Å². The van der Waals surface area contributed by atoms with Crippen molar-refractivity contribution in [1.29, 1.82) is 0 Å². The molecule has 1 saturated heterocycles. The molecule has 4 aromatic rings. The fourth-order valence-electron chi connectivity index (χ4n) is 20.1. The SMILES string of the molecule is CN[C@H](CC(C)C)C(=O)N[C@H]1C(=O)N[C@@H](CC(=O)NC(=O)NC2C3CC4CC(C3)CC2C4)C(=O)N[C@H]2C(=O)N[C@H]3C(=O)N[C@H](C(=O)N[C@H](C(=O)NC4C5CC6CC(C5)CC4C6)c4cc(O)cc(O)c4-c4cc3ccc4O)[C@H](O)[C@@H]3C=C(Cl)C(=CC3)Oc3cc2cc(c3O[C@@H]2O[C@H](CO)[C@@H](O)[C@H](O)[C@H]2O)Oc2ccc(cc2C)[C@H]1O. The van der Waals surface area contributed by atoms with E-state index in [1.807, 2.05) is 13.8 Å². The second kappa shape index (κ2) is 32.2. The quantitative estimate of drug-likeness (QED) is 0.0915. The molecule has 0 unspecified atom stereocenters. The lowest BCUT2D eigenvalue weighted by Gasteiger charge is -2.54. The van der Waals surface area contributed by atoms with Crippen LogP contribution in [0, 0.1) is 66.1 Å². The average molecular weight is 1600 g/mol. The highest BCUT2D eigenvalue weighted by atomic mass is 35.5. The van der Waals surface area contributed by atoms with Gasteiger partial charge in [0, 0.05) is 35.2 Å². The monoisotopic (exact) mass is 1600 g/mol. The van der Waals surface area contributed by atoms with Crippen LogP contribution in [0.2, 0.25) is 0 Å². The van der Waals surface area contributed by atoms with Gasteiger partial charge in [-0.15, -0.1) is 0 Å². The Bertz CT molecular complexity index is 4520. The van der Waals surface area contributed by atoms with Crippen LogP contribution in [0.1, 0.15) is 149 Å². The molecule has 19 N–H and O–H groups in total. The first-order valence-corrected chi connectivity index (χ1v) is 39.7. The molecule has 0 spiro atoms. The maximum atomic E-state index is 16.5. The smallest absolute Gasteiger partial charge is 0.321 e. The minimum absolute atomic E-state index is 0.0186. The molecule has 15 atom stereocenters. The van der Waals surface area contributed by atoms with E-state index in [9.17, 15) is 60.3 Å². The number of fused-ring (bicyclic) bond motifs is 14. The number of likely N-dealkylation sites (N-methyl/N-ethyl adjacent to an activating group) is 1. The highest BCUT2D eigenvalue weighted by molar-refractivity contribution is 6.31. The van der Waals surface area contributed by atoms with Crippen molar-refractivity contribution in [2.24, 2.45) is 59.2 Å².